The molecule has 0 fully saturated rings. The maximum atomic E-state index is 13.4. The van der Waals surface area contributed by atoms with Crippen LogP contribution in [0.25, 0.3) is 0 Å². The number of benzene rings is 1. The van der Waals surface area contributed by atoms with E-state index in [1.807, 2.05) is 45.9 Å². The third-order valence-electron chi connectivity index (χ3n) is 5.31. The van der Waals surface area contributed by atoms with E-state index in [4.69, 9.17) is 4.74 Å². The molecule has 0 heterocycles. The first-order valence-corrected chi connectivity index (χ1v) is 11.5. The highest BCUT2D eigenvalue weighted by atomic mass is 16.6. The van der Waals surface area contributed by atoms with E-state index in [1.165, 1.54) is 0 Å². The van der Waals surface area contributed by atoms with Gasteiger partial charge in [0.05, 0.1) is 0 Å². The molecule has 1 aromatic rings. The normalized spacial score (nSPS) is 13.1. The number of carbonyl (C=O) groups excluding carboxylic acids is 3. The van der Waals surface area contributed by atoms with Gasteiger partial charge in [-0.15, -0.1) is 0 Å². The van der Waals surface area contributed by atoms with Gasteiger partial charge in [0.25, 0.3) is 0 Å². The van der Waals surface area contributed by atoms with Crippen LogP contribution in [0.1, 0.15) is 83.5 Å². The molecule has 0 bridgehead atoms. The van der Waals surface area contributed by atoms with Crippen LogP contribution in [0, 0.1) is 13.8 Å². The molecule has 7 heteroatoms. The highest BCUT2D eigenvalue weighted by Crippen LogP contribution is 2.30. The van der Waals surface area contributed by atoms with Gasteiger partial charge in [0.2, 0.25) is 11.8 Å². The number of nitrogens with one attached hydrogen (secondary N) is 2. The first kappa shape index (κ1) is 27.5. The van der Waals surface area contributed by atoms with Crippen LogP contribution >= 0.6 is 0 Å². The zero-order chi connectivity index (χ0) is 24.5. The molecule has 2 unspecified atom stereocenters. The number of amides is 3. The summed E-state index contributed by atoms with van der Waals surface area (Å²) >= 11 is 0. The summed E-state index contributed by atoms with van der Waals surface area (Å²) in [6, 6.07) is 4.86. The molecule has 32 heavy (non-hydrogen) atoms. The Kier molecular flexibility index (Phi) is 10.7. The quantitative estimate of drug-likeness (QED) is 0.520. The fraction of sp³-hybridized carbons (Fsp3) is 0.640. The molecule has 1 rings (SSSR count). The molecule has 0 radical (unpaired) electrons. The van der Waals surface area contributed by atoms with Crippen molar-refractivity contribution in [3.8, 4) is 0 Å². The second kappa shape index (κ2) is 12.5. The monoisotopic (exact) mass is 447 g/mol. The van der Waals surface area contributed by atoms with E-state index in [1.54, 1.807) is 25.7 Å². The lowest BCUT2D eigenvalue weighted by Crippen LogP contribution is -2.51. The zero-order valence-electron chi connectivity index (χ0n) is 21.0. The van der Waals surface area contributed by atoms with Gasteiger partial charge in [-0.1, -0.05) is 38.5 Å². The second-order valence-corrected chi connectivity index (χ2v) is 9.27. The lowest BCUT2D eigenvalue weighted by atomic mass is 9.93. The molecule has 3 amide bonds. The van der Waals surface area contributed by atoms with E-state index in [-0.39, 0.29) is 24.4 Å². The smallest absolute Gasteiger partial charge is 0.408 e. The predicted molar refractivity (Wildman–Crippen MR) is 127 cm³/mol. The number of hydrogen-bond donors (Lipinski definition) is 2. The van der Waals surface area contributed by atoms with Gasteiger partial charge >= 0.3 is 6.09 Å². The first-order chi connectivity index (χ1) is 14.9. The molecule has 0 aromatic heterocycles. The first-order valence-electron chi connectivity index (χ1n) is 11.5. The average Bonchev–Trinajstić information content (AvgIpc) is 2.69. The Morgan fingerprint density at radius 1 is 1.06 bits per heavy atom. The molecular weight excluding hydrogens is 406 g/mol. The van der Waals surface area contributed by atoms with Gasteiger partial charge in [0.15, 0.2) is 0 Å². The number of hydrogen-bond acceptors (Lipinski definition) is 4. The molecule has 180 valence electrons. The van der Waals surface area contributed by atoms with Crippen molar-refractivity contribution in [1.82, 2.24) is 15.5 Å². The molecule has 0 aliphatic heterocycles. The van der Waals surface area contributed by atoms with Gasteiger partial charge in [-0.25, -0.2) is 4.79 Å². The highest BCUT2D eigenvalue weighted by Gasteiger charge is 2.36. The third kappa shape index (κ3) is 8.17. The van der Waals surface area contributed by atoms with Crippen molar-refractivity contribution in [2.45, 2.75) is 92.3 Å². The van der Waals surface area contributed by atoms with Crippen molar-refractivity contribution in [3.05, 3.63) is 34.9 Å². The zero-order valence-corrected chi connectivity index (χ0v) is 21.0. The Morgan fingerprint density at radius 2 is 1.66 bits per heavy atom. The van der Waals surface area contributed by atoms with Crippen LogP contribution in [0.5, 0.6) is 0 Å². The molecule has 7 nitrogen and oxygen atoms in total. The van der Waals surface area contributed by atoms with Crippen LogP contribution < -0.4 is 10.6 Å². The van der Waals surface area contributed by atoms with Crippen LogP contribution in [0.3, 0.4) is 0 Å². The molecule has 0 saturated heterocycles. The van der Waals surface area contributed by atoms with Crippen LogP contribution in [0.2, 0.25) is 0 Å². The standard InChI is InChI=1S/C25H41N3O4/c1-9-11-15-26-23(30)22(21-17(3)13-12-14-18(21)4)28(19(5)10-2)20(29)16-27-24(31)32-25(6,7)8/h12-14,19,22H,9-11,15-16H2,1-8H3,(H,26,30)(H,27,31). The molecule has 1 aromatic carbocycles. The van der Waals surface area contributed by atoms with Crippen molar-refractivity contribution in [1.29, 1.82) is 0 Å². The largest absolute Gasteiger partial charge is 0.444 e. The van der Waals surface area contributed by atoms with Crippen molar-refractivity contribution in [3.63, 3.8) is 0 Å². The number of unbranched alkanes of at least 4 members (excludes halogenated alkanes) is 1. The lowest BCUT2D eigenvalue weighted by molar-refractivity contribution is -0.142. The van der Waals surface area contributed by atoms with E-state index in [0.29, 0.717) is 13.0 Å². The number of nitrogens with zero attached hydrogens (tertiary/aromatic N) is 1. The minimum absolute atomic E-state index is 0.205. The summed E-state index contributed by atoms with van der Waals surface area (Å²) < 4.78 is 5.25. The predicted octanol–water partition coefficient (Wildman–Crippen LogP) is 4.41. The molecule has 0 aliphatic carbocycles. The van der Waals surface area contributed by atoms with E-state index in [9.17, 15) is 14.4 Å². The number of alkyl carbamates (subject to hydrolysis) is 1. The van der Waals surface area contributed by atoms with Crippen LogP contribution in [-0.4, -0.2) is 47.5 Å². The molecule has 0 aliphatic rings. The van der Waals surface area contributed by atoms with E-state index in [0.717, 1.165) is 29.5 Å². The van der Waals surface area contributed by atoms with Crippen molar-refractivity contribution in [2.75, 3.05) is 13.1 Å². The Balaban J connectivity index is 3.30. The third-order valence-corrected chi connectivity index (χ3v) is 5.31. The highest BCUT2D eigenvalue weighted by molar-refractivity contribution is 5.91. The summed E-state index contributed by atoms with van der Waals surface area (Å²) in [5.41, 5.74) is 2.06. The topological polar surface area (TPSA) is 87.7 Å². The maximum Gasteiger partial charge on any atom is 0.408 e. The van der Waals surface area contributed by atoms with Gasteiger partial charge in [-0.2, -0.15) is 0 Å². The maximum absolute atomic E-state index is 13.4. The summed E-state index contributed by atoms with van der Waals surface area (Å²) in [6.45, 7) is 15.4. The van der Waals surface area contributed by atoms with Gasteiger partial charge < -0.3 is 20.3 Å². The van der Waals surface area contributed by atoms with Gasteiger partial charge in [0, 0.05) is 12.6 Å². The van der Waals surface area contributed by atoms with Gasteiger partial charge in [-0.3, -0.25) is 9.59 Å². The summed E-state index contributed by atoms with van der Waals surface area (Å²) in [4.78, 5) is 40.5. The molecule has 2 atom stereocenters. The minimum atomic E-state index is -0.782. The summed E-state index contributed by atoms with van der Waals surface area (Å²) in [5.74, 6) is -0.537. The fourth-order valence-corrected chi connectivity index (χ4v) is 3.53. The van der Waals surface area contributed by atoms with Gasteiger partial charge in [0.1, 0.15) is 18.2 Å². The van der Waals surface area contributed by atoms with Crippen LogP contribution in [0.4, 0.5) is 4.79 Å². The SMILES string of the molecule is CCCCNC(=O)C(c1c(C)cccc1C)N(C(=O)CNC(=O)OC(C)(C)C)C(C)CC. The molecule has 0 spiro atoms. The number of rotatable bonds is 10. The summed E-state index contributed by atoms with van der Waals surface area (Å²) in [7, 11) is 0. The Labute approximate surface area is 193 Å². The molecule has 0 saturated carbocycles. The van der Waals surface area contributed by atoms with E-state index in [2.05, 4.69) is 17.6 Å². The van der Waals surface area contributed by atoms with Crippen molar-refractivity contribution >= 4 is 17.9 Å². The number of carbonyl (C=O) groups is 3. The van der Waals surface area contributed by atoms with Crippen molar-refractivity contribution in [2.24, 2.45) is 0 Å². The fourth-order valence-electron chi connectivity index (χ4n) is 3.53. The minimum Gasteiger partial charge on any atom is -0.444 e. The summed E-state index contributed by atoms with van der Waals surface area (Å²) in [5, 5.41) is 5.54. The number of aryl methyl sites for hydroxylation is 2. The van der Waals surface area contributed by atoms with E-state index >= 15 is 0 Å². The molecular formula is C25H41N3O4. The van der Waals surface area contributed by atoms with Crippen molar-refractivity contribution < 1.29 is 19.1 Å². The Morgan fingerprint density at radius 3 is 2.16 bits per heavy atom. The van der Waals surface area contributed by atoms with Crippen LogP contribution in [0.15, 0.2) is 18.2 Å². The van der Waals surface area contributed by atoms with Crippen LogP contribution in [-0.2, 0) is 14.3 Å². The molecule has 2 N–H and O–H groups in total. The lowest BCUT2D eigenvalue weighted by Gasteiger charge is -2.37. The Hall–Kier alpha value is -2.57. The van der Waals surface area contributed by atoms with E-state index < -0.39 is 17.7 Å². The van der Waals surface area contributed by atoms with Gasteiger partial charge in [-0.05, 0) is 71.1 Å². The second-order valence-electron chi connectivity index (χ2n) is 9.27. The summed E-state index contributed by atoms with van der Waals surface area (Å²) in [6.07, 6.45) is 1.83. The number of ether oxygens (including phenoxy) is 1. The Bertz CT molecular complexity index is 766. The average molecular weight is 448 g/mol.